The molecule has 6 nitrogen and oxygen atoms in total. The first-order valence-electron chi connectivity index (χ1n) is 8.94. The third kappa shape index (κ3) is 6.70. The summed E-state index contributed by atoms with van der Waals surface area (Å²) in [4.78, 5) is 6.61. The predicted octanol–water partition coefficient (Wildman–Crippen LogP) is 2.24. The van der Waals surface area contributed by atoms with Crippen molar-refractivity contribution in [3.8, 4) is 0 Å². The Morgan fingerprint density at radius 1 is 1.27 bits per heavy atom. The summed E-state index contributed by atoms with van der Waals surface area (Å²) >= 11 is 0. The maximum Gasteiger partial charge on any atom is 0.211 e. The number of aliphatic imine (C=N–C) groups is 1. The summed E-state index contributed by atoms with van der Waals surface area (Å²) in [6, 6.07) is 10.7. The number of likely N-dealkylation sites (tertiary alicyclic amines) is 1. The molecular weight excluding hydrogens is 463 g/mol. The molecule has 0 spiro atoms. The number of guanidine groups is 1. The topological polar surface area (TPSA) is 73.8 Å². The van der Waals surface area contributed by atoms with Crippen molar-refractivity contribution in [1.82, 2.24) is 14.9 Å². The maximum absolute atomic E-state index is 11.4. The van der Waals surface area contributed by atoms with Crippen molar-refractivity contribution in [3.05, 3.63) is 35.9 Å². The fourth-order valence-electron chi connectivity index (χ4n) is 3.35. The van der Waals surface area contributed by atoms with Gasteiger partial charge in [-0.3, -0.25) is 4.99 Å². The molecule has 0 bridgehead atoms. The van der Waals surface area contributed by atoms with Crippen molar-refractivity contribution in [2.45, 2.75) is 26.2 Å². The molecule has 0 amide bonds. The summed E-state index contributed by atoms with van der Waals surface area (Å²) in [7, 11) is -1.37. The molecule has 2 N–H and O–H groups in total. The van der Waals surface area contributed by atoms with Gasteiger partial charge in [0, 0.05) is 33.2 Å². The second kappa shape index (κ2) is 11.1. The van der Waals surface area contributed by atoms with E-state index in [4.69, 9.17) is 0 Å². The molecule has 2 atom stereocenters. The van der Waals surface area contributed by atoms with E-state index in [9.17, 15) is 8.42 Å². The second-order valence-electron chi connectivity index (χ2n) is 6.50. The molecule has 1 aliphatic heterocycles. The molecule has 0 aliphatic carbocycles. The molecule has 0 saturated carbocycles. The summed E-state index contributed by atoms with van der Waals surface area (Å²) in [6.45, 7) is 6.70. The highest BCUT2D eigenvalue weighted by atomic mass is 127. The Bertz CT molecular complexity index is 667. The van der Waals surface area contributed by atoms with Crippen molar-refractivity contribution >= 4 is 40.0 Å². The number of nitrogens with zero attached hydrogens (tertiary/aromatic N) is 2. The van der Waals surface area contributed by atoms with Crippen molar-refractivity contribution in [1.29, 1.82) is 0 Å². The zero-order valence-electron chi connectivity index (χ0n) is 15.8. The van der Waals surface area contributed by atoms with E-state index in [0.29, 0.717) is 24.9 Å². The first kappa shape index (κ1) is 23.2. The van der Waals surface area contributed by atoms with Gasteiger partial charge in [0.15, 0.2) is 5.96 Å². The lowest BCUT2D eigenvalue weighted by atomic mass is 9.82. The van der Waals surface area contributed by atoms with Crippen LogP contribution >= 0.6 is 24.0 Å². The minimum atomic E-state index is -3.14. The molecule has 2 unspecified atom stereocenters. The highest BCUT2D eigenvalue weighted by Crippen LogP contribution is 2.32. The fourth-order valence-corrected chi connectivity index (χ4v) is 3.97. The summed E-state index contributed by atoms with van der Waals surface area (Å²) in [6.07, 6.45) is 1.09. The van der Waals surface area contributed by atoms with E-state index >= 15 is 0 Å². The molecule has 1 aromatic rings. The molecule has 8 heteroatoms. The van der Waals surface area contributed by atoms with Crippen LogP contribution in [0, 0.1) is 5.92 Å². The van der Waals surface area contributed by atoms with E-state index in [0.717, 1.165) is 25.5 Å². The third-order valence-electron chi connectivity index (χ3n) is 4.75. The Morgan fingerprint density at radius 3 is 2.54 bits per heavy atom. The average Bonchev–Trinajstić information content (AvgIpc) is 2.62. The molecule has 1 aromatic carbocycles. The standard InChI is InChI=1S/C18H30N4O2S.HI/c1-4-25(23,24)21-12-11-20-18(19-3)22-13-10-17(15(2)14-22)16-8-6-5-7-9-16;/h5-9,15,17,21H,4,10-14H2,1-3H3,(H,19,20);1H. The Hall–Kier alpha value is -0.870. The van der Waals surface area contributed by atoms with Crippen LogP contribution in [0.25, 0.3) is 0 Å². The number of halogens is 1. The fraction of sp³-hybridized carbons (Fsp3) is 0.611. The van der Waals surface area contributed by atoms with Gasteiger partial charge in [0.05, 0.1) is 5.75 Å². The van der Waals surface area contributed by atoms with E-state index in [1.165, 1.54) is 5.56 Å². The van der Waals surface area contributed by atoms with Crippen molar-refractivity contribution < 1.29 is 8.42 Å². The van der Waals surface area contributed by atoms with Crippen LogP contribution in [-0.4, -0.2) is 58.3 Å². The molecule has 26 heavy (non-hydrogen) atoms. The number of rotatable bonds is 6. The predicted molar refractivity (Wildman–Crippen MR) is 119 cm³/mol. The summed E-state index contributed by atoms with van der Waals surface area (Å²) in [5.41, 5.74) is 1.41. The molecule has 1 aliphatic rings. The van der Waals surface area contributed by atoms with Crippen LogP contribution in [-0.2, 0) is 10.0 Å². The van der Waals surface area contributed by atoms with Gasteiger partial charge >= 0.3 is 0 Å². The quantitative estimate of drug-likeness (QED) is 0.276. The molecule has 1 saturated heterocycles. The monoisotopic (exact) mass is 494 g/mol. The Kier molecular flexibility index (Phi) is 9.88. The SMILES string of the molecule is CCS(=O)(=O)NCCNC(=NC)N1CCC(c2ccccc2)C(C)C1.I. The first-order chi connectivity index (χ1) is 12.0. The van der Waals surface area contributed by atoms with Crippen LogP contribution in [0.5, 0.6) is 0 Å². The van der Waals surface area contributed by atoms with Crippen molar-refractivity contribution in [3.63, 3.8) is 0 Å². The van der Waals surface area contributed by atoms with Gasteiger partial charge in [0.25, 0.3) is 0 Å². The molecule has 148 valence electrons. The van der Waals surface area contributed by atoms with E-state index in [1.807, 2.05) is 0 Å². The molecule has 0 aromatic heterocycles. The number of hydrogen-bond donors (Lipinski definition) is 2. The van der Waals surface area contributed by atoms with E-state index in [2.05, 4.69) is 57.2 Å². The Balaban J connectivity index is 0.00000338. The molecule has 2 rings (SSSR count). The van der Waals surface area contributed by atoms with Crippen LogP contribution in [0.15, 0.2) is 35.3 Å². The van der Waals surface area contributed by atoms with E-state index < -0.39 is 10.0 Å². The van der Waals surface area contributed by atoms with Gasteiger partial charge in [-0.05, 0) is 30.7 Å². The van der Waals surface area contributed by atoms with Crippen molar-refractivity contribution in [2.75, 3.05) is 39.0 Å². The lowest BCUT2D eigenvalue weighted by molar-refractivity contribution is 0.234. The molecule has 1 heterocycles. The lowest BCUT2D eigenvalue weighted by Gasteiger charge is -2.39. The molecular formula is C18H31IN4O2S. The van der Waals surface area contributed by atoms with Gasteiger partial charge in [-0.2, -0.15) is 0 Å². The van der Waals surface area contributed by atoms with Crippen LogP contribution < -0.4 is 10.0 Å². The largest absolute Gasteiger partial charge is 0.355 e. The third-order valence-corrected chi connectivity index (χ3v) is 6.16. The minimum Gasteiger partial charge on any atom is -0.355 e. The number of sulfonamides is 1. The van der Waals surface area contributed by atoms with Crippen LogP contribution in [0.3, 0.4) is 0 Å². The normalized spacial score (nSPS) is 21.2. The van der Waals surface area contributed by atoms with Crippen LogP contribution in [0.1, 0.15) is 31.7 Å². The van der Waals surface area contributed by atoms with Crippen LogP contribution in [0.2, 0.25) is 0 Å². The number of benzene rings is 1. The maximum atomic E-state index is 11.4. The molecule has 1 fully saturated rings. The van der Waals surface area contributed by atoms with Gasteiger partial charge in [-0.1, -0.05) is 37.3 Å². The number of hydrogen-bond acceptors (Lipinski definition) is 3. The van der Waals surface area contributed by atoms with Gasteiger partial charge in [0.2, 0.25) is 10.0 Å². The van der Waals surface area contributed by atoms with Gasteiger partial charge in [-0.25, -0.2) is 13.1 Å². The van der Waals surface area contributed by atoms with Gasteiger partial charge in [-0.15, -0.1) is 24.0 Å². The summed E-state index contributed by atoms with van der Waals surface area (Å²) in [5, 5.41) is 3.26. The lowest BCUT2D eigenvalue weighted by Crippen LogP contribution is -2.49. The van der Waals surface area contributed by atoms with Gasteiger partial charge < -0.3 is 10.2 Å². The minimum absolute atomic E-state index is 0. The van der Waals surface area contributed by atoms with E-state index in [1.54, 1.807) is 14.0 Å². The van der Waals surface area contributed by atoms with Crippen molar-refractivity contribution in [2.24, 2.45) is 10.9 Å². The van der Waals surface area contributed by atoms with Crippen LogP contribution in [0.4, 0.5) is 0 Å². The zero-order chi connectivity index (χ0) is 18.3. The Morgan fingerprint density at radius 2 is 1.96 bits per heavy atom. The summed E-state index contributed by atoms with van der Waals surface area (Å²) < 4.78 is 25.5. The number of piperidine rings is 1. The molecule has 0 radical (unpaired) electrons. The first-order valence-corrected chi connectivity index (χ1v) is 10.6. The smallest absolute Gasteiger partial charge is 0.211 e. The second-order valence-corrected chi connectivity index (χ2v) is 8.60. The zero-order valence-corrected chi connectivity index (χ0v) is 19.0. The summed E-state index contributed by atoms with van der Waals surface area (Å²) in [5.74, 6) is 2.06. The number of nitrogens with one attached hydrogen (secondary N) is 2. The highest BCUT2D eigenvalue weighted by molar-refractivity contribution is 14.0. The van der Waals surface area contributed by atoms with E-state index in [-0.39, 0.29) is 29.7 Å². The van der Waals surface area contributed by atoms with Gasteiger partial charge in [0.1, 0.15) is 0 Å². The average molecular weight is 494 g/mol. The Labute approximate surface area is 174 Å². The highest BCUT2D eigenvalue weighted by Gasteiger charge is 2.28.